The SMILES string of the molecule is [B](n1ncc2ccccc21)n1ncc2ccccc21. The topological polar surface area (TPSA) is 35.6 Å². The molecule has 1 radical (unpaired) electrons. The van der Waals surface area contributed by atoms with Gasteiger partial charge in [0.15, 0.2) is 0 Å². The highest BCUT2D eigenvalue weighted by atomic mass is 15.3. The van der Waals surface area contributed by atoms with Crippen LogP contribution in [-0.4, -0.2) is 26.9 Å². The van der Waals surface area contributed by atoms with E-state index in [1.165, 1.54) is 0 Å². The Bertz CT molecular complexity index is 790. The van der Waals surface area contributed by atoms with Crippen LogP contribution in [0.4, 0.5) is 0 Å². The van der Waals surface area contributed by atoms with Gasteiger partial charge in [-0.1, -0.05) is 36.4 Å². The molecule has 0 N–H and O–H groups in total. The highest BCUT2D eigenvalue weighted by molar-refractivity contribution is 6.34. The molecular formula is C14H10BN4. The van der Waals surface area contributed by atoms with Crippen LogP contribution in [0.25, 0.3) is 21.8 Å². The summed E-state index contributed by atoms with van der Waals surface area (Å²) in [5, 5.41) is 11.0. The summed E-state index contributed by atoms with van der Waals surface area (Å²) in [6.45, 7) is 0. The van der Waals surface area contributed by atoms with Gasteiger partial charge in [-0.2, -0.15) is 10.2 Å². The van der Waals surface area contributed by atoms with Crippen LogP contribution >= 0.6 is 0 Å². The molecule has 0 aliphatic rings. The molecule has 0 unspecified atom stereocenters. The van der Waals surface area contributed by atoms with E-state index in [4.69, 9.17) is 0 Å². The minimum Gasteiger partial charge on any atom is -0.285 e. The number of para-hydroxylation sites is 2. The van der Waals surface area contributed by atoms with Crippen molar-refractivity contribution in [3.05, 3.63) is 60.9 Å². The summed E-state index contributed by atoms with van der Waals surface area (Å²) in [4.78, 5) is 0. The molecule has 19 heavy (non-hydrogen) atoms. The van der Waals surface area contributed by atoms with Crippen LogP contribution in [-0.2, 0) is 0 Å². The number of nitrogens with zero attached hydrogens (tertiary/aromatic N) is 4. The molecule has 4 rings (SSSR count). The van der Waals surface area contributed by atoms with Crippen LogP contribution < -0.4 is 0 Å². The van der Waals surface area contributed by atoms with Crippen molar-refractivity contribution in [2.45, 2.75) is 0 Å². The first-order valence-corrected chi connectivity index (χ1v) is 6.11. The lowest BCUT2D eigenvalue weighted by Gasteiger charge is -2.02. The average molecular weight is 245 g/mol. The standard InChI is InChI=1S/C14H10BN4/c1-3-7-13-11(5-1)9-16-18(13)15-19-14-8-4-2-6-12(14)10-17-19/h1-10H. The van der Waals surface area contributed by atoms with Crippen molar-refractivity contribution in [3.63, 3.8) is 0 Å². The Hall–Kier alpha value is -2.56. The van der Waals surface area contributed by atoms with Crippen LogP contribution in [0.2, 0.25) is 0 Å². The van der Waals surface area contributed by atoms with Crippen molar-refractivity contribution in [1.82, 2.24) is 19.4 Å². The molecule has 0 fully saturated rings. The molecule has 0 atom stereocenters. The van der Waals surface area contributed by atoms with Gasteiger partial charge in [-0.15, -0.1) is 0 Å². The van der Waals surface area contributed by atoms with Gasteiger partial charge in [-0.25, -0.2) is 0 Å². The van der Waals surface area contributed by atoms with Gasteiger partial charge in [0, 0.05) is 10.8 Å². The summed E-state index contributed by atoms with van der Waals surface area (Å²) in [7, 11) is 1.89. The number of benzene rings is 2. The molecule has 0 spiro atoms. The molecule has 2 heterocycles. The third-order valence-corrected chi connectivity index (χ3v) is 3.23. The van der Waals surface area contributed by atoms with Crippen molar-refractivity contribution in [3.8, 4) is 0 Å². The Kier molecular flexibility index (Phi) is 2.17. The number of rotatable bonds is 2. The zero-order valence-electron chi connectivity index (χ0n) is 10.1. The third-order valence-electron chi connectivity index (χ3n) is 3.23. The summed E-state index contributed by atoms with van der Waals surface area (Å²) in [6, 6.07) is 16.2. The van der Waals surface area contributed by atoms with Gasteiger partial charge in [-0.05, 0) is 12.1 Å². The maximum atomic E-state index is 4.38. The number of hydrogen-bond acceptors (Lipinski definition) is 2. The minimum absolute atomic E-state index is 1.07. The van der Waals surface area contributed by atoms with Gasteiger partial charge >= 0.3 is 7.55 Å². The molecule has 0 aliphatic carbocycles. The van der Waals surface area contributed by atoms with E-state index < -0.39 is 0 Å². The highest BCUT2D eigenvalue weighted by Crippen LogP contribution is 2.14. The van der Waals surface area contributed by atoms with Crippen molar-refractivity contribution < 1.29 is 0 Å². The molecule has 0 bridgehead atoms. The summed E-state index contributed by atoms with van der Waals surface area (Å²) in [5.74, 6) is 0. The molecule has 0 aliphatic heterocycles. The molecule has 0 amide bonds. The first-order valence-electron chi connectivity index (χ1n) is 6.11. The van der Waals surface area contributed by atoms with Gasteiger partial charge in [0.1, 0.15) is 0 Å². The van der Waals surface area contributed by atoms with E-state index in [9.17, 15) is 0 Å². The lowest BCUT2D eigenvalue weighted by atomic mass is 10.1. The molecule has 4 aromatic rings. The quantitative estimate of drug-likeness (QED) is 0.508. The zero-order chi connectivity index (χ0) is 12.7. The molecular weight excluding hydrogens is 235 g/mol. The maximum absolute atomic E-state index is 4.38. The Balaban J connectivity index is 1.82. The molecule has 0 saturated heterocycles. The average Bonchev–Trinajstić information content (AvgIpc) is 3.05. The first-order chi connectivity index (χ1) is 9.42. The molecule has 2 aromatic heterocycles. The van der Waals surface area contributed by atoms with E-state index in [2.05, 4.69) is 10.2 Å². The van der Waals surface area contributed by atoms with E-state index >= 15 is 0 Å². The molecule has 0 saturated carbocycles. The Morgan fingerprint density at radius 3 is 1.68 bits per heavy atom. The summed E-state index contributed by atoms with van der Waals surface area (Å²) >= 11 is 0. The largest absolute Gasteiger partial charge is 0.438 e. The van der Waals surface area contributed by atoms with Crippen LogP contribution in [0.5, 0.6) is 0 Å². The van der Waals surface area contributed by atoms with Crippen LogP contribution in [0.1, 0.15) is 0 Å². The molecule has 89 valence electrons. The van der Waals surface area contributed by atoms with Crippen molar-refractivity contribution >= 4 is 29.4 Å². The van der Waals surface area contributed by atoms with Gasteiger partial charge < -0.3 is 0 Å². The van der Waals surface area contributed by atoms with Gasteiger partial charge in [0.25, 0.3) is 0 Å². The lowest BCUT2D eigenvalue weighted by molar-refractivity contribution is 0.917. The Morgan fingerprint density at radius 1 is 0.684 bits per heavy atom. The monoisotopic (exact) mass is 245 g/mol. The maximum Gasteiger partial charge on any atom is 0.438 e. The van der Waals surface area contributed by atoms with E-state index in [0.717, 1.165) is 21.8 Å². The predicted molar refractivity (Wildman–Crippen MR) is 76.0 cm³/mol. The number of hydrogen-bond donors (Lipinski definition) is 0. The van der Waals surface area contributed by atoms with E-state index in [-0.39, 0.29) is 0 Å². The lowest BCUT2D eigenvalue weighted by Crippen LogP contribution is -2.18. The van der Waals surface area contributed by atoms with Gasteiger partial charge in [0.2, 0.25) is 0 Å². The van der Waals surface area contributed by atoms with Crippen molar-refractivity contribution in [2.24, 2.45) is 0 Å². The van der Waals surface area contributed by atoms with E-state index in [1.54, 1.807) is 0 Å². The smallest absolute Gasteiger partial charge is 0.285 e. The second-order valence-corrected chi connectivity index (χ2v) is 4.41. The van der Waals surface area contributed by atoms with E-state index in [1.807, 2.05) is 77.7 Å². The predicted octanol–water partition coefficient (Wildman–Crippen LogP) is 2.32. The van der Waals surface area contributed by atoms with Crippen molar-refractivity contribution in [1.29, 1.82) is 0 Å². The second-order valence-electron chi connectivity index (χ2n) is 4.41. The number of aromatic nitrogens is 4. The molecule has 2 aromatic carbocycles. The highest BCUT2D eigenvalue weighted by Gasteiger charge is 2.08. The molecule has 5 heteroatoms. The fourth-order valence-electron chi connectivity index (χ4n) is 2.27. The third kappa shape index (κ3) is 1.63. The Morgan fingerprint density at radius 2 is 1.16 bits per heavy atom. The normalized spacial score (nSPS) is 11.2. The summed E-state index contributed by atoms with van der Waals surface area (Å²) in [5.41, 5.74) is 2.14. The van der Waals surface area contributed by atoms with Crippen molar-refractivity contribution in [2.75, 3.05) is 0 Å². The minimum atomic E-state index is 1.07. The number of fused-ring (bicyclic) bond motifs is 2. The Labute approximate surface area is 110 Å². The fraction of sp³-hybridized carbons (Fsp3) is 0. The van der Waals surface area contributed by atoms with Crippen LogP contribution in [0.15, 0.2) is 60.9 Å². The first kappa shape index (κ1) is 10.4. The summed E-state index contributed by atoms with van der Waals surface area (Å²) < 4.78 is 3.68. The zero-order valence-corrected chi connectivity index (χ0v) is 10.1. The molecule has 4 nitrogen and oxygen atoms in total. The van der Waals surface area contributed by atoms with Crippen LogP contribution in [0.3, 0.4) is 0 Å². The van der Waals surface area contributed by atoms with Gasteiger partial charge in [0.05, 0.1) is 23.4 Å². The van der Waals surface area contributed by atoms with Crippen LogP contribution in [0, 0.1) is 0 Å². The second kappa shape index (κ2) is 3.98. The fourth-order valence-corrected chi connectivity index (χ4v) is 2.27. The summed E-state index contributed by atoms with van der Waals surface area (Å²) in [6.07, 6.45) is 3.72. The van der Waals surface area contributed by atoms with E-state index in [0.29, 0.717) is 0 Å². The van der Waals surface area contributed by atoms with Gasteiger partial charge in [-0.3, -0.25) is 9.19 Å².